The van der Waals surface area contributed by atoms with Crippen molar-refractivity contribution in [2.45, 2.75) is 49.5 Å². The molecule has 1 aromatic heterocycles. The predicted octanol–water partition coefficient (Wildman–Crippen LogP) is 2.96. The predicted molar refractivity (Wildman–Crippen MR) is 112 cm³/mol. The molecule has 162 valence electrons. The summed E-state index contributed by atoms with van der Waals surface area (Å²) in [5.41, 5.74) is 1.08. The molecule has 1 unspecified atom stereocenters. The molecule has 1 aromatic carbocycles. The SMILES string of the molecule is COc1ccc(S(=O)(=O)N2CCCCC2c2[nH]ncc2C(=O)N2CCCCC2)cc1. The Labute approximate surface area is 177 Å². The van der Waals surface area contributed by atoms with Gasteiger partial charge in [0.25, 0.3) is 5.91 Å². The summed E-state index contributed by atoms with van der Waals surface area (Å²) in [6, 6.07) is 5.98. The van der Waals surface area contributed by atoms with Gasteiger partial charge in [0.05, 0.1) is 35.5 Å². The van der Waals surface area contributed by atoms with Gasteiger partial charge in [0.15, 0.2) is 0 Å². The summed E-state index contributed by atoms with van der Waals surface area (Å²) in [6.45, 7) is 1.89. The highest BCUT2D eigenvalue weighted by Crippen LogP contribution is 2.36. The molecule has 2 aliphatic rings. The van der Waals surface area contributed by atoms with E-state index in [1.54, 1.807) is 37.6 Å². The van der Waals surface area contributed by atoms with E-state index in [0.29, 0.717) is 30.0 Å². The molecule has 0 bridgehead atoms. The molecule has 1 amide bonds. The Morgan fingerprint density at radius 3 is 2.47 bits per heavy atom. The van der Waals surface area contributed by atoms with Crippen molar-refractivity contribution >= 4 is 15.9 Å². The first-order chi connectivity index (χ1) is 14.5. The molecule has 1 N–H and O–H groups in total. The van der Waals surface area contributed by atoms with Gasteiger partial charge in [0, 0.05) is 19.6 Å². The number of ether oxygens (including phenoxy) is 1. The molecule has 3 heterocycles. The third-order valence-electron chi connectivity index (χ3n) is 6.00. The number of carbonyl (C=O) groups excluding carboxylic acids is 1. The van der Waals surface area contributed by atoms with Crippen LogP contribution in [0.1, 0.15) is 60.6 Å². The van der Waals surface area contributed by atoms with Crippen molar-refractivity contribution in [3.8, 4) is 5.75 Å². The molecule has 2 fully saturated rings. The number of piperidine rings is 2. The summed E-state index contributed by atoms with van der Waals surface area (Å²) in [6.07, 6.45) is 7.02. The number of carbonyl (C=O) groups is 1. The first-order valence-electron chi connectivity index (χ1n) is 10.5. The van der Waals surface area contributed by atoms with Crippen LogP contribution in [0, 0.1) is 0 Å². The van der Waals surface area contributed by atoms with Crippen LogP contribution >= 0.6 is 0 Å². The summed E-state index contributed by atoms with van der Waals surface area (Å²) in [4.78, 5) is 15.2. The summed E-state index contributed by atoms with van der Waals surface area (Å²) in [5, 5.41) is 7.06. The summed E-state index contributed by atoms with van der Waals surface area (Å²) >= 11 is 0. The molecule has 2 aromatic rings. The molecule has 30 heavy (non-hydrogen) atoms. The normalized spacial score (nSPS) is 20.8. The van der Waals surface area contributed by atoms with Crippen LogP contribution in [-0.4, -0.2) is 60.5 Å². The van der Waals surface area contributed by atoms with Gasteiger partial charge in [-0.1, -0.05) is 6.42 Å². The standard InChI is InChI=1S/C21H28N4O4S/c1-29-16-8-10-17(11-9-16)30(27,28)25-14-6-3-7-19(25)20-18(15-22-23-20)21(26)24-12-4-2-5-13-24/h8-11,15,19H,2-7,12-14H2,1H3,(H,22,23). The van der Waals surface area contributed by atoms with Gasteiger partial charge in [-0.15, -0.1) is 0 Å². The molecule has 8 nitrogen and oxygen atoms in total. The zero-order valence-corrected chi connectivity index (χ0v) is 18.0. The van der Waals surface area contributed by atoms with E-state index in [1.807, 2.05) is 4.90 Å². The maximum atomic E-state index is 13.4. The fourth-order valence-corrected chi connectivity index (χ4v) is 6.02. The molecule has 2 aliphatic heterocycles. The minimum atomic E-state index is -3.72. The molecule has 9 heteroatoms. The summed E-state index contributed by atoms with van der Waals surface area (Å²) < 4.78 is 33.5. The average molecular weight is 433 g/mol. The maximum Gasteiger partial charge on any atom is 0.257 e. The Balaban J connectivity index is 1.64. The van der Waals surface area contributed by atoms with Gasteiger partial charge in [-0.2, -0.15) is 9.40 Å². The Kier molecular flexibility index (Phi) is 6.10. The molecule has 1 atom stereocenters. The second-order valence-electron chi connectivity index (χ2n) is 7.85. The summed E-state index contributed by atoms with van der Waals surface area (Å²) in [7, 11) is -2.18. The van der Waals surface area contributed by atoms with Crippen LogP contribution in [0.2, 0.25) is 0 Å². The molecular weight excluding hydrogens is 404 g/mol. The minimum Gasteiger partial charge on any atom is -0.497 e. The first-order valence-corrected chi connectivity index (χ1v) is 11.9. The first kappa shape index (κ1) is 20.9. The molecule has 2 saturated heterocycles. The quantitative estimate of drug-likeness (QED) is 0.784. The zero-order valence-electron chi connectivity index (χ0n) is 17.2. The topological polar surface area (TPSA) is 95.6 Å². The van der Waals surface area contributed by atoms with Gasteiger partial charge in [-0.25, -0.2) is 8.42 Å². The van der Waals surface area contributed by atoms with Crippen LogP contribution in [0.3, 0.4) is 0 Å². The number of methoxy groups -OCH3 is 1. The average Bonchev–Trinajstić information content (AvgIpc) is 3.29. The number of aromatic amines is 1. The Hall–Kier alpha value is -2.39. The number of sulfonamides is 1. The van der Waals surface area contributed by atoms with E-state index in [4.69, 9.17) is 4.74 Å². The number of amides is 1. The highest BCUT2D eigenvalue weighted by atomic mass is 32.2. The van der Waals surface area contributed by atoms with Crippen LogP contribution in [0.25, 0.3) is 0 Å². The smallest absolute Gasteiger partial charge is 0.257 e. The van der Waals surface area contributed by atoms with Crippen LogP contribution in [0.15, 0.2) is 35.4 Å². The van der Waals surface area contributed by atoms with Crippen LogP contribution in [-0.2, 0) is 10.0 Å². The van der Waals surface area contributed by atoms with E-state index in [-0.39, 0.29) is 10.8 Å². The molecular formula is C21H28N4O4S. The van der Waals surface area contributed by atoms with E-state index in [1.165, 1.54) is 4.31 Å². The lowest BCUT2D eigenvalue weighted by atomic mass is 9.98. The maximum absolute atomic E-state index is 13.4. The molecule has 0 aliphatic carbocycles. The third kappa shape index (κ3) is 3.96. The second-order valence-corrected chi connectivity index (χ2v) is 9.74. The van der Waals surface area contributed by atoms with Gasteiger partial charge < -0.3 is 9.64 Å². The number of H-pyrrole nitrogens is 1. The lowest BCUT2D eigenvalue weighted by molar-refractivity contribution is 0.0720. The van der Waals surface area contributed by atoms with Crippen LogP contribution in [0.5, 0.6) is 5.75 Å². The Bertz CT molecular complexity index is 981. The highest BCUT2D eigenvalue weighted by Gasteiger charge is 2.37. The van der Waals surface area contributed by atoms with E-state index in [9.17, 15) is 13.2 Å². The van der Waals surface area contributed by atoms with Crippen molar-refractivity contribution in [3.63, 3.8) is 0 Å². The van der Waals surface area contributed by atoms with Crippen molar-refractivity contribution in [2.75, 3.05) is 26.7 Å². The van der Waals surface area contributed by atoms with Crippen LogP contribution < -0.4 is 4.74 Å². The van der Waals surface area contributed by atoms with Crippen molar-refractivity contribution in [1.82, 2.24) is 19.4 Å². The number of nitrogens with one attached hydrogen (secondary N) is 1. The molecule has 0 spiro atoms. The third-order valence-corrected chi connectivity index (χ3v) is 7.92. The fraction of sp³-hybridized carbons (Fsp3) is 0.524. The number of benzene rings is 1. The van der Waals surface area contributed by atoms with Crippen molar-refractivity contribution in [1.29, 1.82) is 0 Å². The monoisotopic (exact) mass is 432 g/mol. The van der Waals surface area contributed by atoms with E-state index in [2.05, 4.69) is 10.2 Å². The largest absolute Gasteiger partial charge is 0.497 e. The number of likely N-dealkylation sites (tertiary alicyclic amines) is 1. The van der Waals surface area contributed by atoms with E-state index in [0.717, 1.165) is 45.2 Å². The van der Waals surface area contributed by atoms with Gasteiger partial charge in [-0.3, -0.25) is 9.89 Å². The number of rotatable bonds is 5. The number of nitrogens with zero attached hydrogens (tertiary/aromatic N) is 3. The highest BCUT2D eigenvalue weighted by molar-refractivity contribution is 7.89. The van der Waals surface area contributed by atoms with Gasteiger partial charge >= 0.3 is 0 Å². The lowest BCUT2D eigenvalue weighted by Crippen LogP contribution is -2.40. The van der Waals surface area contributed by atoms with E-state index >= 15 is 0 Å². The van der Waals surface area contributed by atoms with Crippen molar-refractivity contribution < 1.29 is 17.9 Å². The fourth-order valence-electron chi connectivity index (χ4n) is 4.35. The molecule has 0 radical (unpaired) electrons. The zero-order chi connectivity index (χ0) is 21.1. The van der Waals surface area contributed by atoms with Gasteiger partial charge in [-0.05, 0) is 56.4 Å². The van der Waals surface area contributed by atoms with Crippen molar-refractivity contribution in [2.24, 2.45) is 0 Å². The number of hydrogen-bond acceptors (Lipinski definition) is 5. The molecule has 4 rings (SSSR count). The van der Waals surface area contributed by atoms with Crippen LogP contribution in [0.4, 0.5) is 0 Å². The summed E-state index contributed by atoms with van der Waals surface area (Å²) in [5.74, 6) is 0.540. The Morgan fingerprint density at radius 1 is 1.07 bits per heavy atom. The van der Waals surface area contributed by atoms with Crippen molar-refractivity contribution in [3.05, 3.63) is 41.7 Å². The number of hydrogen-bond donors (Lipinski definition) is 1. The lowest BCUT2D eigenvalue weighted by Gasteiger charge is -2.35. The van der Waals surface area contributed by atoms with Gasteiger partial charge in [0.2, 0.25) is 10.0 Å². The minimum absolute atomic E-state index is 0.0641. The van der Waals surface area contributed by atoms with E-state index < -0.39 is 16.1 Å². The second kappa shape index (κ2) is 8.77. The van der Waals surface area contributed by atoms with Gasteiger partial charge in [0.1, 0.15) is 5.75 Å². The number of aromatic nitrogens is 2. The Morgan fingerprint density at radius 2 is 1.77 bits per heavy atom. The molecule has 0 saturated carbocycles.